The lowest BCUT2D eigenvalue weighted by Gasteiger charge is -2.39. The number of esters is 1. The fourth-order valence-electron chi connectivity index (χ4n) is 9.52. The van der Waals surface area contributed by atoms with E-state index < -0.39 is 27.3 Å². The van der Waals surface area contributed by atoms with Gasteiger partial charge in [0.2, 0.25) is 0 Å². The van der Waals surface area contributed by atoms with Crippen LogP contribution in [0.1, 0.15) is 42.9 Å². The zero-order valence-corrected chi connectivity index (χ0v) is 39.6. The van der Waals surface area contributed by atoms with Gasteiger partial charge in [-0.3, -0.25) is 4.57 Å². The molecule has 0 atom stereocenters. The summed E-state index contributed by atoms with van der Waals surface area (Å²) in [6.45, 7) is -2.55. The molecule has 1 aromatic heterocycles. The number of carbonyl (C=O) groups is 2. The van der Waals surface area contributed by atoms with Crippen molar-refractivity contribution in [2.45, 2.75) is 20.3 Å². The molecule has 0 saturated carbocycles. The van der Waals surface area contributed by atoms with E-state index >= 15 is 4.57 Å². The Balaban J connectivity index is 1.54. The van der Waals surface area contributed by atoms with E-state index in [1.165, 1.54) is 7.11 Å². The third-order valence-electron chi connectivity index (χ3n) is 12.1. The predicted octanol–water partition coefficient (Wildman–Crippen LogP) is 10.8. The molecule has 10 heteroatoms. The van der Waals surface area contributed by atoms with Gasteiger partial charge in [-0.25, -0.2) is 4.79 Å². The Bertz CT molecular complexity index is 3070. The number of rotatable bonds is 15. The Morgan fingerprint density at radius 1 is 0.591 bits per heavy atom. The number of furan rings is 1. The molecule has 0 fully saturated rings. The van der Waals surface area contributed by atoms with Crippen molar-refractivity contribution in [3.8, 4) is 0 Å². The fourth-order valence-corrected chi connectivity index (χ4v) is 22.3. The SMILES string of the molecule is CCOP(=O)(OCC)C1=P(c2ccccc2)(c2ccccc2)C(CC=O)=C(c2cc3c(o2)C(c2ccccc2)=CC(C(=O)OC)=P3(c2ccccc2)c2ccccc2)C(c2ccccc2)=C1. The van der Waals surface area contributed by atoms with E-state index in [1.54, 1.807) is 0 Å². The molecule has 2 aliphatic heterocycles. The van der Waals surface area contributed by atoms with Crippen LogP contribution in [0.15, 0.2) is 210 Å². The summed E-state index contributed by atoms with van der Waals surface area (Å²) in [7, 11) is -2.69. The van der Waals surface area contributed by atoms with Gasteiger partial charge in [-0.15, -0.1) is 0 Å². The van der Waals surface area contributed by atoms with Crippen molar-refractivity contribution < 1.29 is 32.4 Å². The summed E-state index contributed by atoms with van der Waals surface area (Å²) in [6.07, 6.45) is 4.85. The molecule has 0 radical (unpaired) electrons. The molecule has 6 aromatic carbocycles. The number of carbonyl (C=O) groups excluding carboxylic acids is 2. The molecule has 66 heavy (non-hydrogen) atoms. The number of fused-ring (bicyclic) bond motifs is 1. The second-order valence-electron chi connectivity index (χ2n) is 15.6. The van der Waals surface area contributed by atoms with Gasteiger partial charge in [-0.05, 0) is 89.1 Å². The molecule has 7 nitrogen and oxygen atoms in total. The van der Waals surface area contributed by atoms with Gasteiger partial charge in [0.15, 0.2) is 0 Å². The van der Waals surface area contributed by atoms with E-state index in [1.807, 2.05) is 159 Å². The first-order valence-corrected chi connectivity index (χ1v) is 27.1. The standard InChI is InChI=1S/C56H49O7P3/c1-4-61-66(59,62-5-2)53-39-47(41-24-12-6-13-25-41)54(50(36-37-57)65(53,45-32-20-10-21-33-45)46-34-22-11-23-35-46)49-40-51-55(63-49)48(42-26-14-7-15-27-42)38-52(56(58)60-3)64(51,43-28-16-8-17-29-43)44-30-18-9-19-31-44/h6-35,37-40H,4-5,36H2,1-3H3. The molecule has 3 heterocycles. The summed E-state index contributed by atoms with van der Waals surface area (Å²) < 4.78 is 41.9. The normalized spacial score (nSPS) is 15.4. The van der Waals surface area contributed by atoms with E-state index in [0.717, 1.165) is 54.8 Å². The first kappa shape index (κ1) is 44.9. The highest BCUT2D eigenvalue weighted by Gasteiger charge is 2.47. The third-order valence-corrected chi connectivity index (χ3v) is 24.0. The Morgan fingerprint density at radius 2 is 1.02 bits per heavy atom. The highest BCUT2D eigenvalue weighted by molar-refractivity contribution is 8.04. The quantitative estimate of drug-likeness (QED) is 0.0574. The molecular weight excluding hydrogens is 878 g/mol. The van der Waals surface area contributed by atoms with Crippen LogP contribution in [0.4, 0.5) is 0 Å². The van der Waals surface area contributed by atoms with Crippen LogP contribution in [-0.2, 0) is 27.9 Å². The largest absolute Gasteiger partial charge is 0.465 e. The highest BCUT2D eigenvalue weighted by atomic mass is 31.2. The first-order valence-electron chi connectivity index (χ1n) is 22.0. The lowest BCUT2D eigenvalue weighted by Crippen LogP contribution is -2.36. The van der Waals surface area contributed by atoms with Gasteiger partial charge in [0.25, 0.3) is 0 Å². The van der Waals surface area contributed by atoms with Crippen LogP contribution < -0.4 is 26.5 Å². The molecule has 330 valence electrons. The van der Waals surface area contributed by atoms with Gasteiger partial charge in [-0.1, -0.05) is 182 Å². The van der Waals surface area contributed by atoms with Crippen molar-refractivity contribution in [1.29, 1.82) is 0 Å². The third kappa shape index (κ3) is 7.56. The van der Waals surface area contributed by atoms with Gasteiger partial charge in [-0.2, -0.15) is 0 Å². The molecule has 0 spiro atoms. The Morgan fingerprint density at radius 3 is 1.44 bits per heavy atom. The average molecular weight is 927 g/mol. The van der Waals surface area contributed by atoms with Gasteiger partial charge >= 0.3 is 13.6 Å². The molecule has 0 saturated heterocycles. The van der Waals surface area contributed by atoms with Crippen molar-refractivity contribution in [3.63, 3.8) is 0 Å². The smallest absolute Gasteiger partial charge is 0.362 e. The second-order valence-corrected chi connectivity index (χ2v) is 24.7. The zero-order valence-electron chi connectivity index (χ0n) is 37.0. The predicted molar refractivity (Wildman–Crippen MR) is 275 cm³/mol. The van der Waals surface area contributed by atoms with Crippen molar-refractivity contribution in [1.82, 2.24) is 0 Å². The summed E-state index contributed by atoms with van der Waals surface area (Å²) >= 11 is 0. The molecule has 7 aromatic rings. The Hall–Kier alpha value is -6.29. The molecule has 0 aliphatic carbocycles. The number of allylic oxidation sites excluding steroid dienone is 4. The highest BCUT2D eigenvalue weighted by Crippen LogP contribution is 2.70. The minimum atomic E-state index is -4.11. The molecule has 0 amide bonds. The maximum atomic E-state index is 15.9. The van der Waals surface area contributed by atoms with Crippen molar-refractivity contribution >= 4 is 87.2 Å². The number of benzene rings is 6. The van der Waals surface area contributed by atoms with E-state index in [-0.39, 0.29) is 19.6 Å². The van der Waals surface area contributed by atoms with Crippen LogP contribution >= 0.6 is 21.4 Å². The summed E-state index contributed by atoms with van der Waals surface area (Å²) in [5.74, 6) is 0.651. The maximum absolute atomic E-state index is 15.9. The van der Waals surface area contributed by atoms with E-state index in [0.29, 0.717) is 33.0 Å². The van der Waals surface area contributed by atoms with Crippen LogP contribution in [0.5, 0.6) is 0 Å². The number of aldehydes is 1. The number of hydrogen-bond donors (Lipinski definition) is 0. The Kier molecular flexibility index (Phi) is 13.1. The zero-order chi connectivity index (χ0) is 45.7. The lowest BCUT2D eigenvalue weighted by molar-refractivity contribution is -0.132. The summed E-state index contributed by atoms with van der Waals surface area (Å²) in [6, 6.07) is 62.2. The first-order chi connectivity index (χ1) is 32.4. The average Bonchev–Trinajstić information content (AvgIpc) is 3.82. The Labute approximate surface area is 386 Å². The molecule has 0 bridgehead atoms. The van der Waals surface area contributed by atoms with Crippen LogP contribution in [0, 0.1) is 0 Å². The second kappa shape index (κ2) is 19.3. The fraction of sp³-hybridized carbons (Fsp3) is 0.107. The molecule has 0 unspecified atom stereocenters. The van der Waals surface area contributed by atoms with Gasteiger partial charge in [0.05, 0.1) is 30.7 Å². The number of methoxy groups -OCH3 is 1. The van der Waals surface area contributed by atoms with Gasteiger partial charge in [0, 0.05) is 22.9 Å². The van der Waals surface area contributed by atoms with Crippen LogP contribution in [0.3, 0.4) is 0 Å². The van der Waals surface area contributed by atoms with Crippen LogP contribution in [-0.4, -0.2) is 42.9 Å². The van der Waals surface area contributed by atoms with Crippen molar-refractivity contribution in [2.75, 3.05) is 20.3 Å². The van der Waals surface area contributed by atoms with Crippen LogP contribution in [0.2, 0.25) is 0 Å². The maximum Gasteiger partial charge on any atom is 0.362 e. The number of ether oxygens (including phenoxy) is 1. The van der Waals surface area contributed by atoms with Crippen molar-refractivity contribution in [3.05, 3.63) is 228 Å². The topological polar surface area (TPSA) is 92.0 Å². The summed E-state index contributed by atoms with van der Waals surface area (Å²) in [5.41, 5.74) is 3.77. The minimum absolute atomic E-state index is 0.0389. The molecule has 9 rings (SSSR count). The minimum Gasteiger partial charge on any atom is -0.465 e. The summed E-state index contributed by atoms with van der Waals surface area (Å²) in [5, 5.41) is 6.22. The molecule has 0 N–H and O–H groups in total. The van der Waals surface area contributed by atoms with Crippen LogP contribution in [0.25, 0.3) is 16.7 Å². The number of hydrogen-bond acceptors (Lipinski definition) is 7. The molecular formula is C56H49O7P3. The lowest BCUT2D eigenvalue weighted by atomic mass is 9.94. The van der Waals surface area contributed by atoms with Gasteiger partial charge in [0.1, 0.15) is 17.8 Å². The van der Waals surface area contributed by atoms with E-state index in [2.05, 4.69) is 54.6 Å². The van der Waals surface area contributed by atoms with E-state index in [9.17, 15) is 9.59 Å². The van der Waals surface area contributed by atoms with Crippen molar-refractivity contribution in [2.24, 2.45) is 0 Å². The summed E-state index contributed by atoms with van der Waals surface area (Å²) in [4.78, 5) is 28.3. The monoisotopic (exact) mass is 926 g/mol. The molecule has 2 aliphatic rings. The van der Waals surface area contributed by atoms with E-state index in [4.69, 9.17) is 18.2 Å². The van der Waals surface area contributed by atoms with Gasteiger partial charge < -0.3 is 23.0 Å².